The summed E-state index contributed by atoms with van der Waals surface area (Å²) in [5, 5.41) is 12.5. The number of carbonyl (C=O) groups excluding carboxylic acids is 2. The highest BCUT2D eigenvalue weighted by Gasteiger charge is 2.36. The fraction of sp³-hybridized carbons (Fsp3) is 0.350. The third-order valence-corrected chi connectivity index (χ3v) is 5.12. The Labute approximate surface area is 175 Å². The Bertz CT molecular complexity index is 987. The maximum atomic E-state index is 14.9. The minimum Gasteiger partial charge on any atom is -0.473 e. The van der Waals surface area contributed by atoms with Crippen molar-refractivity contribution in [1.29, 1.82) is 0 Å². The van der Waals surface area contributed by atoms with E-state index >= 15 is 0 Å². The van der Waals surface area contributed by atoms with E-state index < -0.39 is 36.3 Å². The van der Waals surface area contributed by atoms with Gasteiger partial charge >= 0.3 is 6.09 Å². The highest BCUT2D eigenvalue weighted by molar-refractivity contribution is 5.90. The second-order valence-corrected chi connectivity index (χ2v) is 7.01. The number of aromatic nitrogens is 1. The van der Waals surface area contributed by atoms with Gasteiger partial charge in [0.15, 0.2) is 0 Å². The van der Waals surface area contributed by atoms with Crippen molar-refractivity contribution in [2.75, 3.05) is 37.8 Å². The zero-order chi connectivity index (χ0) is 22.0. The van der Waals surface area contributed by atoms with E-state index in [1.807, 2.05) is 0 Å². The molecule has 3 heterocycles. The first-order chi connectivity index (χ1) is 15.0. The van der Waals surface area contributed by atoms with Crippen molar-refractivity contribution in [3.05, 3.63) is 47.7 Å². The van der Waals surface area contributed by atoms with Gasteiger partial charge in [-0.25, -0.2) is 13.6 Å². The zero-order valence-corrected chi connectivity index (χ0v) is 16.3. The van der Waals surface area contributed by atoms with Crippen molar-refractivity contribution in [3.63, 3.8) is 0 Å². The molecule has 0 unspecified atom stereocenters. The van der Waals surface area contributed by atoms with Crippen molar-refractivity contribution in [3.8, 4) is 5.88 Å². The van der Waals surface area contributed by atoms with Crippen LogP contribution < -0.4 is 9.64 Å². The molecule has 2 aromatic rings. The monoisotopic (exact) mass is 435 g/mol. The molecule has 164 valence electrons. The van der Waals surface area contributed by atoms with Crippen molar-refractivity contribution >= 4 is 23.3 Å². The molecule has 1 fully saturated rings. The quantitative estimate of drug-likeness (QED) is 0.740. The van der Waals surface area contributed by atoms with Crippen LogP contribution in [0.25, 0.3) is 5.57 Å². The lowest BCUT2D eigenvalue weighted by Gasteiger charge is -2.27. The zero-order valence-electron chi connectivity index (χ0n) is 16.3. The number of carbonyl (C=O) groups is 2. The molecule has 0 radical (unpaired) electrons. The molecule has 9 nitrogen and oxygen atoms in total. The van der Waals surface area contributed by atoms with Crippen LogP contribution >= 0.6 is 0 Å². The van der Waals surface area contributed by atoms with Gasteiger partial charge in [-0.05, 0) is 29.3 Å². The molecule has 1 saturated heterocycles. The summed E-state index contributed by atoms with van der Waals surface area (Å²) in [6, 6.07) is 3.02. The van der Waals surface area contributed by atoms with Gasteiger partial charge in [-0.1, -0.05) is 6.08 Å². The minimum absolute atomic E-state index is 0.00324. The van der Waals surface area contributed by atoms with Crippen molar-refractivity contribution in [2.45, 2.75) is 12.5 Å². The summed E-state index contributed by atoms with van der Waals surface area (Å²) in [5.74, 6) is -1.90. The van der Waals surface area contributed by atoms with Gasteiger partial charge in [-0.2, -0.15) is 0 Å². The molecule has 2 aliphatic heterocycles. The van der Waals surface area contributed by atoms with Gasteiger partial charge in [0, 0.05) is 24.7 Å². The van der Waals surface area contributed by atoms with Crippen LogP contribution in [0.2, 0.25) is 0 Å². The Hall–Kier alpha value is -3.47. The second kappa shape index (κ2) is 8.72. The van der Waals surface area contributed by atoms with Gasteiger partial charge in [-0.3, -0.25) is 9.69 Å². The lowest BCUT2D eigenvalue weighted by molar-refractivity contribution is -0.133. The molecule has 4 rings (SSSR count). The predicted octanol–water partition coefficient (Wildman–Crippen LogP) is 1.97. The van der Waals surface area contributed by atoms with Crippen molar-refractivity contribution < 1.29 is 37.5 Å². The van der Waals surface area contributed by atoms with Gasteiger partial charge in [-0.15, -0.1) is 0 Å². The summed E-state index contributed by atoms with van der Waals surface area (Å²) >= 11 is 0. The molecule has 11 heteroatoms. The normalized spacial score (nSPS) is 18.7. The van der Waals surface area contributed by atoms with Gasteiger partial charge < -0.3 is 24.0 Å². The standard InChI is InChI=1S/C20H19F2N3O6/c21-15-7-13(25-14(11-30-20(25)28)10-29-17-3-6-31-23-17)8-16(22)19(15)12-1-4-24(5-2-12)18(27)9-26/h1,3,6-8,14,26H,2,4-5,9-11H2/t14-/m1/s1. The Kier molecular flexibility index (Phi) is 5.85. The number of cyclic esters (lactones) is 1. The first kappa shape index (κ1) is 20.8. The number of amides is 2. The largest absolute Gasteiger partial charge is 0.473 e. The Morgan fingerprint density at radius 1 is 1.32 bits per heavy atom. The van der Waals surface area contributed by atoms with E-state index in [2.05, 4.69) is 9.68 Å². The number of anilines is 1. The van der Waals surface area contributed by atoms with E-state index in [0.717, 1.165) is 17.0 Å². The smallest absolute Gasteiger partial charge is 0.414 e. The molecule has 31 heavy (non-hydrogen) atoms. The SMILES string of the molecule is O=C(CO)N1CC=C(c2c(F)cc(N3C(=O)OC[C@H]3COc3ccon3)cc2F)CC1. The molecule has 0 bridgehead atoms. The number of nitrogens with zero attached hydrogens (tertiary/aromatic N) is 3. The number of halogens is 2. The van der Waals surface area contributed by atoms with E-state index in [1.54, 1.807) is 6.08 Å². The minimum atomic E-state index is -0.834. The van der Waals surface area contributed by atoms with Crippen LogP contribution in [-0.2, 0) is 9.53 Å². The van der Waals surface area contributed by atoms with Crippen LogP contribution in [0, 0.1) is 11.6 Å². The lowest BCUT2D eigenvalue weighted by Crippen LogP contribution is -2.38. The van der Waals surface area contributed by atoms with Gasteiger partial charge in [0.05, 0.1) is 5.69 Å². The van der Waals surface area contributed by atoms with Crippen LogP contribution in [0.1, 0.15) is 12.0 Å². The molecule has 0 spiro atoms. The summed E-state index contributed by atoms with van der Waals surface area (Å²) in [5.41, 5.74) is 0.213. The van der Waals surface area contributed by atoms with Crippen LogP contribution in [0.5, 0.6) is 5.88 Å². The summed E-state index contributed by atoms with van der Waals surface area (Å²) in [4.78, 5) is 26.3. The highest BCUT2D eigenvalue weighted by Crippen LogP contribution is 2.33. The summed E-state index contributed by atoms with van der Waals surface area (Å²) in [6.45, 7) is -0.250. The van der Waals surface area contributed by atoms with E-state index in [1.165, 1.54) is 17.2 Å². The van der Waals surface area contributed by atoms with Gasteiger partial charge in [0.2, 0.25) is 5.91 Å². The van der Waals surface area contributed by atoms with Gasteiger partial charge in [0.1, 0.15) is 43.8 Å². The molecular formula is C20H19F2N3O6. The van der Waals surface area contributed by atoms with Gasteiger partial charge in [0.25, 0.3) is 5.88 Å². The summed E-state index contributed by atoms with van der Waals surface area (Å²) < 4.78 is 44.9. The number of benzene rings is 1. The maximum absolute atomic E-state index is 14.9. The molecule has 2 aliphatic rings. The average Bonchev–Trinajstić information content (AvgIpc) is 3.41. The Balaban J connectivity index is 1.54. The predicted molar refractivity (Wildman–Crippen MR) is 102 cm³/mol. The number of ether oxygens (including phenoxy) is 2. The number of hydrogen-bond acceptors (Lipinski definition) is 7. The van der Waals surface area contributed by atoms with E-state index in [0.29, 0.717) is 5.57 Å². The first-order valence-electron chi connectivity index (χ1n) is 9.54. The lowest BCUT2D eigenvalue weighted by atomic mass is 9.97. The third kappa shape index (κ3) is 4.22. The fourth-order valence-corrected chi connectivity index (χ4v) is 3.59. The van der Waals surface area contributed by atoms with Crippen LogP contribution in [0.4, 0.5) is 19.3 Å². The Morgan fingerprint density at radius 3 is 2.71 bits per heavy atom. The topological polar surface area (TPSA) is 105 Å². The number of aliphatic hydroxyl groups is 1. The third-order valence-electron chi connectivity index (χ3n) is 5.12. The van der Waals surface area contributed by atoms with E-state index in [-0.39, 0.29) is 49.9 Å². The second-order valence-electron chi connectivity index (χ2n) is 7.01. The molecule has 0 aliphatic carbocycles. The molecule has 1 aromatic carbocycles. The molecule has 2 amide bonds. The number of aliphatic hydroxyl groups excluding tert-OH is 1. The van der Waals surface area contributed by atoms with Crippen LogP contribution in [0.15, 0.2) is 35.1 Å². The molecular weight excluding hydrogens is 416 g/mol. The van der Waals surface area contributed by atoms with Crippen LogP contribution in [-0.4, -0.2) is 66.1 Å². The molecule has 0 saturated carbocycles. The van der Waals surface area contributed by atoms with Crippen molar-refractivity contribution in [1.82, 2.24) is 10.1 Å². The highest BCUT2D eigenvalue weighted by atomic mass is 19.1. The maximum Gasteiger partial charge on any atom is 0.414 e. The van der Waals surface area contributed by atoms with E-state index in [4.69, 9.17) is 14.6 Å². The summed E-state index contributed by atoms with van der Waals surface area (Å²) in [7, 11) is 0. The Morgan fingerprint density at radius 2 is 2.10 bits per heavy atom. The molecule has 1 aromatic heterocycles. The fourth-order valence-electron chi connectivity index (χ4n) is 3.59. The summed E-state index contributed by atoms with van der Waals surface area (Å²) in [6.07, 6.45) is 2.37. The first-order valence-corrected chi connectivity index (χ1v) is 9.54. The van der Waals surface area contributed by atoms with Crippen LogP contribution in [0.3, 0.4) is 0 Å². The van der Waals surface area contributed by atoms with Crippen molar-refractivity contribution in [2.24, 2.45) is 0 Å². The molecule has 1 N–H and O–H groups in total. The molecule has 1 atom stereocenters. The number of hydrogen-bond donors (Lipinski definition) is 1. The average molecular weight is 435 g/mol. The number of rotatable bonds is 6. The van der Waals surface area contributed by atoms with E-state index in [9.17, 15) is 18.4 Å².